The summed E-state index contributed by atoms with van der Waals surface area (Å²) < 4.78 is 17.2. The summed E-state index contributed by atoms with van der Waals surface area (Å²) in [5.74, 6) is 1.28. The number of carbonyl (C=O) groups excluding carboxylic acids is 5. The quantitative estimate of drug-likeness (QED) is 0.0606. The molecule has 0 unspecified atom stereocenters. The number of hydrogen-bond acceptors (Lipinski definition) is 10. The number of benzene rings is 2. The zero-order valence-corrected chi connectivity index (χ0v) is 35.4. The molecular weight excluding hydrogens is 769 g/mol. The van der Waals surface area contributed by atoms with Gasteiger partial charge in [-0.15, -0.1) is 0 Å². The van der Waals surface area contributed by atoms with E-state index in [2.05, 4.69) is 16.0 Å². The Morgan fingerprint density at radius 3 is 2.14 bits per heavy atom. The van der Waals surface area contributed by atoms with Crippen molar-refractivity contribution >= 4 is 41.6 Å². The summed E-state index contributed by atoms with van der Waals surface area (Å²) >= 11 is 1.49. The molecule has 13 heteroatoms. The molecule has 12 nitrogen and oxygen atoms in total. The molecule has 0 heterocycles. The van der Waals surface area contributed by atoms with Crippen molar-refractivity contribution in [3.05, 3.63) is 71.3 Å². The van der Waals surface area contributed by atoms with Gasteiger partial charge in [-0.3, -0.25) is 14.4 Å². The van der Waals surface area contributed by atoms with E-state index in [9.17, 15) is 24.0 Å². The zero-order chi connectivity index (χ0) is 41.6. The van der Waals surface area contributed by atoms with Crippen molar-refractivity contribution in [2.45, 2.75) is 146 Å². The van der Waals surface area contributed by atoms with E-state index in [0.29, 0.717) is 37.0 Å². The zero-order valence-electron chi connectivity index (χ0n) is 34.6. The molecule has 5 aliphatic carbocycles. The van der Waals surface area contributed by atoms with Crippen LogP contribution in [0.4, 0.5) is 4.79 Å². The number of aryl methyl sites for hydroxylation is 1. The van der Waals surface area contributed by atoms with Crippen LogP contribution in [0.1, 0.15) is 113 Å². The molecule has 5 fully saturated rings. The third-order valence-electron chi connectivity index (χ3n) is 12.6. The Bertz CT molecular complexity index is 1660. The number of nitrogens with one attached hydrogen (secondary N) is 3. The molecule has 2 aromatic rings. The van der Waals surface area contributed by atoms with Gasteiger partial charge in [0.1, 0.15) is 30.9 Å². The Morgan fingerprint density at radius 2 is 1.44 bits per heavy atom. The minimum atomic E-state index is -1.05. The van der Waals surface area contributed by atoms with Gasteiger partial charge in [-0.05, 0) is 125 Å². The van der Waals surface area contributed by atoms with Gasteiger partial charge in [-0.25, -0.2) is 9.59 Å². The number of thioether (sulfide) groups is 1. The lowest BCUT2D eigenvalue weighted by Gasteiger charge is -2.53. The molecule has 5 N–H and O–H groups in total. The van der Waals surface area contributed by atoms with Crippen LogP contribution in [0.2, 0.25) is 0 Å². The first-order valence-corrected chi connectivity index (χ1v) is 23.1. The van der Waals surface area contributed by atoms with Crippen molar-refractivity contribution in [2.24, 2.45) is 29.4 Å². The first-order valence-electron chi connectivity index (χ1n) is 21.9. The van der Waals surface area contributed by atoms with Crippen molar-refractivity contribution in [3.8, 4) is 0 Å². The maximum atomic E-state index is 14.0. The number of hydrogen-bond donors (Lipinski definition) is 4. The highest BCUT2D eigenvalue weighted by Crippen LogP contribution is 2.54. The number of carbonyl (C=O) groups is 5. The molecule has 59 heavy (non-hydrogen) atoms. The fourth-order valence-electron chi connectivity index (χ4n) is 9.53. The Balaban J connectivity index is 1.03. The summed E-state index contributed by atoms with van der Waals surface area (Å²) in [6.07, 6.45) is 11.6. The molecule has 4 bridgehead atoms. The maximum Gasteiger partial charge on any atom is 0.407 e. The lowest BCUT2D eigenvalue weighted by molar-refractivity contribution is -0.150. The fraction of sp³-hybridized carbons (Fsp3) is 0.630. The van der Waals surface area contributed by atoms with Crippen LogP contribution in [0.3, 0.4) is 0 Å². The number of alkyl carbamates (subject to hydrolysis) is 1. The van der Waals surface area contributed by atoms with E-state index >= 15 is 0 Å². The van der Waals surface area contributed by atoms with Crippen molar-refractivity contribution in [2.75, 3.05) is 12.3 Å². The Labute approximate surface area is 353 Å². The van der Waals surface area contributed by atoms with Gasteiger partial charge in [0.05, 0.1) is 6.04 Å². The summed E-state index contributed by atoms with van der Waals surface area (Å²) in [7, 11) is 0. The van der Waals surface area contributed by atoms with E-state index in [1.54, 1.807) is 0 Å². The Kier molecular flexibility index (Phi) is 16.9. The molecule has 0 saturated heterocycles. The van der Waals surface area contributed by atoms with Gasteiger partial charge in [0.2, 0.25) is 11.8 Å². The van der Waals surface area contributed by atoms with Gasteiger partial charge in [-0.1, -0.05) is 66.6 Å². The van der Waals surface area contributed by atoms with Crippen LogP contribution in [0.25, 0.3) is 0 Å². The molecule has 7 rings (SSSR count). The van der Waals surface area contributed by atoms with E-state index in [1.165, 1.54) is 18.2 Å². The number of ether oxygens (including phenoxy) is 3. The fourth-order valence-corrected chi connectivity index (χ4v) is 10.5. The predicted octanol–water partition coefficient (Wildman–Crippen LogP) is 6.65. The lowest BCUT2D eigenvalue weighted by Crippen LogP contribution is -2.55. The summed E-state index contributed by atoms with van der Waals surface area (Å²) in [4.78, 5) is 66.4. The molecule has 0 aliphatic heterocycles. The largest absolute Gasteiger partial charge is 0.462 e. The van der Waals surface area contributed by atoms with Gasteiger partial charge < -0.3 is 35.9 Å². The van der Waals surface area contributed by atoms with E-state index in [0.717, 1.165) is 86.3 Å². The van der Waals surface area contributed by atoms with Gasteiger partial charge in [-0.2, -0.15) is 11.8 Å². The molecule has 2 aromatic carbocycles. The number of rotatable bonds is 21. The average Bonchev–Trinajstić information content (AvgIpc) is 3.23. The van der Waals surface area contributed by atoms with Crippen molar-refractivity contribution in [1.29, 1.82) is 0 Å². The van der Waals surface area contributed by atoms with Crippen LogP contribution >= 0.6 is 11.8 Å². The van der Waals surface area contributed by atoms with Crippen LogP contribution in [-0.4, -0.2) is 72.5 Å². The number of esters is 2. The van der Waals surface area contributed by atoms with E-state index < -0.39 is 42.0 Å². The number of nitrogens with two attached hydrogens (primary N) is 1. The monoisotopic (exact) mass is 832 g/mol. The van der Waals surface area contributed by atoms with Crippen LogP contribution in [0, 0.1) is 30.6 Å². The average molecular weight is 833 g/mol. The Hall–Kier alpha value is -4.10. The molecule has 322 valence electrons. The molecule has 5 saturated carbocycles. The van der Waals surface area contributed by atoms with Gasteiger partial charge in [0.15, 0.2) is 0 Å². The second-order valence-electron chi connectivity index (χ2n) is 17.3. The summed E-state index contributed by atoms with van der Waals surface area (Å²) in [6.45, 7) is 2.42. The van der Waals surface area contributed by atoms with Crippen LogP contribution < -0.4 is 21.7 Å². The summed E-state index contributed by atoms with van der Waals surface area (Å²) in [6, 6.07) is 14.4. The third-order valence-corrected chi connectivity index (χ3v) is 13.7. The maximum absolute atomic E-state index is 14.0. The summed E-state index contributed by atoms with van der Waals surface area (Å²) in [5, 5.41) is 8.56. The molecule has 3 atom stereocenters. The van der Waals surface area contributed by atoms with Crippen molar-refractivity contribution in [3.63, 3.8) is 0 Å². The topological polar surface area (TPSA) is 175 Å². The SMILES string of the molecule is Cc1ccc(CSC[C@H](NC(=O)[C@H](CCCCNC(=O)OC2C3CC4CC(C3)CC2C4)NC(=O)[C@@H](N)CCC(=O)OC2CCCCC2)C(=O)OCc2ccccc2)cc1. The van der Waals surface area contributed by atoms with Gasteiger partial charge in [0, 0.05) is 24.5 Å². The number of amides is 3. The first-order chi connectivity index (χ1) is 28.6. The van der Waals surface area contributed by atoms with Crippen LogP contribution in [0.5, 0.6) is 0 Å². The molecule has 3 amide bonds. The molecule has 5 aliphatic rings. The van der Waals surface area contributed by atoms with Gasteiger partial charge in [0.25, 0.3) is 0 Å². The minimum absolute atomic E-state index is 0.00760. The summed E-state index contributed by atoms with van der Waals surface area (Å²) in [5.41, 5.74) is 9.31. The molecule has 0 spiro atoms. The van der Waals surface area contributed by atoms with Crippen molar-refractivity contribution < 1.29 is 38.2 Å². The highest BCUT2D eigenvalue weighted by Gasteiger charge is 2.50. The second-order valence-corrected chi connectivity index (χ2v) is 18.4. The highest BCUT2D eigenvalue weighted by atomic mass is 32.2. The van der Waals surface area contributed by atoms with Crippen molar-refractivity contribution in [1.82, 2.24) is 16.0 Å². The standard InChI is InChI=1S/C46H64N4O8S/c1-30-15-17-32(18-16-30)28-59-29-40(45(54)56-27-31-10-4-2-5-11-31)50-44(53)39(49-43(52)38(47)19-20-41(51)57-37-12-6-3-7-13-37)14-8-9-21-48-46(55)58-42-35-23-33-22-34(25-35)26-36(42)24-33/h2,4-5,10-11,15-18,33-40,42H,3,6-9,12-14,19-29,47H2,1H3,(H,48,55)(H,49,52)(H,50,53)/t33?,34?,35?,36?,38-,39-,40-,42?/m0/s1. The smallest absolute Gasteiger partial charge is 0.407 e. The Morgan fingerprint density at radius 1 is 0.763 bits per heavy atom. The number of unbranched alkanes of at least 4 members (excludes halogenated alkanes) is 1. The van der Waals surface area contributed by atoms with E-state index in [1.807, 2.05) is 61.5 Å². The third kappa shape index (κ3) is 14.0. The van der Waals surface area contributed by atoms with E-state index in [4.69, 9.17) is 19.9 Å². The minimum Gasteiger partial charge on any atom is -0.462 e. The lowest BCUT2D eigenvalue weighted by atomic mass is 9.55. The van der Waals surface area contributed by atoms with Crippen LogP contribution in [0.15, 0.2) is 54.6 Å². The molecule has 0 aromatic heterocycles. The first kappa shape index (κ1) is 44.5. The van der Waals surface area contributed by atoms with Crippen LogP contribution in [-0.2, 0) is 45.7 Å². The van der Waals surface area contributed by atoms with Gasteiger partial charge >= 0.3 is 18.0 Å². The predicted molar refractivity (Wildman–Crippen MR) is 227 cm³/mol. The highest BCUT2D eigenvalue weighted by molar-refractivity contribution is 7.98. The second kappa shape index (κ2) is 22.5. The normalized spacial score (nSPS) is 23.7. The molecular formula is C46H64N4O8S. The molecule has 0 radical (unpaired) electrons. The van der Waals surface area contributed by atoms with E-state index in [-0.39, 0.29) is 49.8 Å².